The Hall–Kier alpha value is -2.30. The van der Waals surface area contributed by atoms with Gasteiger partial charge < -0.3 is 14.8 Å². The van der Waals surface area contributed by atoms with Crippen molar-refractivity contribution in [2.75, 3.05) is 7.11 Å². The van der Waals surface area contributed by atoms with E-state index in [2.05, 4.69) is 9.97 Å². The van der Waals surface area contributed by atoms with Crippen LogP contribution in [0.4, 0.5) is 0 Å². The number of benzene rings is 1. The van der Waals surface area contributed by atoms with Gasteiger partial charge in [0.15, 0.2) is 0 Å². The summed E-state index contributed by atoms with van der Waals surface area (Å²) >= 11 is 0. The van der Waals surface area contributed by atoms with E-state index in [9.17, 15) is 9.90 Å². The lowest BCUT2D eigenvalue weighted by Gasteiger charge is -2.05. The van der Waals surface area contributed by atoms with Gasteiger partial charge >= 0.3 is 0 Å². The number of H-pyrrole nitrogens is 1. The molecular formula is C12H12N2O3. The normalized spacial score (nSPS) is 10.2. The van der Waals surface area contributed by atoms with E-state index in [0.29, 0.717) is 17.1 Å². The van der Waals surface area contributed by atoms with Gasteiger partial charge in [-0.05, 0) is 19.1 Å². The summed E-state index contributed by atoms with van der Waals surface area (Å²) in [6.45, 7) is 1.51. The Morgan fingerprint density at radius 2 is 2.18 bits per heavy atom. The minimum atomic E-state index is -0.352. The van der Waals surface area contributed by atoms with Gasteiger partial charge in [0.2, 0.25) is 5.88 Å². The fourth-order valence-corrected chi connectivity index (χ4v) is 1.43. The smallest absolute Gasteiger partial charge is 0.257 e. The van der Waals surface area contributed by atoms with Crippen LogP contribution in [0.25, 0.3) is 11.4 Å². The summed E-state index contributed by atoms with van der Waals surface area (Å²) in [7, 11) is 1.56. The Morgan fingerprint density at radius 1 is 1.41 bits per heavy atom. The minimum absolute atomic E-state index is 0.205. The van der Waals surface area contributed by atoms with E-state index in [4.69, 9.17) is 4.74 Å². The number of aromatic hydroxyl groups is 1. The molecule has 0 aliphatic rings. The number of aromatic amines is 1. The standard InChI is InChI=1S/C12H12N2O3/c1-7-11(15)13-10(14-12(7)16)8-4-3-5-9(6-8)17-2/h3-6H,1-2H3,(H2,13,14,15,16). The molecule has 1 aromatic carbocycles. The zero-order valence-corrected chi connectivity index (χ0v) is 9.52. The summed E-state index contributed by atoms with van der Waals surface area (Å²) < 4.78 is 5.08. The van der Waals surface area contributed by atoms with Gasteiger partial charge in [-0.3, -0.25) is 4.79 Å². The maximum Gasteiger partial charge on any atom is 0.257 e. The van der Waals surface area contributed by atoms with E-state index in [0.717, 1.165) is 0 Å². The number of nitrogens with one attached hydrogen (secondary N) is 1. The first kappa shape index (κ1) is 11.2. The molecule has 0 aliphatic carbocycles. The fraction of sp³-hybridized carbons (Fsp3) is 0.167. The van der Waals surface area contributed by atoms with Gasteiger partial charge in [0.1, 0.15) is 11.6 Å². The molecule has 1 aromatic heterocycles. The number of ether oxygens (including phenoxy) is 1. The summed E-state index contributed by atoms with van der Waals surface area (Å²) in [6, 6.07) is 7.07. The molecule has 0 atom stereocenters. The monoisotopic (exact) mass is 232 g/mol. The van der Waals surface area contributed by atoms with Crippen molar-refractivity contribution < 1.29 is 9.84 Å². The van der Waals surface area contributed by atoms with E-state index in [-0.39, 0.29) is 17.0 Å². The van der Waals surface area contributed by atoms with Crippen LogP contribution in [0.5, 0.6) is 11.6 Å². The van der Waals surface area contributed by atoms with Crippen LogP contribution in [-0.4, -0.2) is 22.2 Å². The third kappa shape index (κ3) is 2.13. The van der Waals surface area contributed by atoms with Gasteiger partial charge in [-0.25, -0.2) is 0 Å². The Bertz CT molecular complexity index is 605. The van der Waals surface area contributed by atoms with Crippen LogP contribution in [-0.2, 0) is 0 Å². The lowest BCUT2D eigenvalue weighted by molar-refractivity contribution is 0.415. The number of aromatic nitrogens is 2. The highest BCUT2D eigenvalue weighted by atomic mass is 16.5. The molecule has 2 rings (SSSR count). The highest BCUT2D eigenvalue weighted by Gasteiger charge is 2.08. The molecule has 17 heavy (non-hydrogen) atoms. The highest BCUT2D eigenvalue weighted by Crippen LogP contribution is 2.21. The average molecular weight is 232 g/mol. The van der Waals surface area contributed by atoms with Crippen LogP contribution in [0, 0.1) is 6.92 Å². The fourth-order valence-electron chi connectivity index (χ4n) is 1.43. The van der Waals surface area contributed by atoms with Crippen LogP contribution in [0.1, 0.15) is 5.56 Å². The van der Waals surface area contributed by atoms with E-state index in [1.54, 1.807) is 31.4 Å². The van der Waals surface area contributed by atoms with Crippen molar-refractivity contribution >= 4 is 0 Å². The Balaban J connectivity index is 2.56. The summed E-state index contributed by atoms with van der Waals surface area (Å²) in [4.78, 5) is 18.0. The molecule has 2 aromatic rings. The second-order valence-electron chi connectivity index (χ2n) is 3.60. The van der Waals surface area contributed by atoms with Crippen LogP contribution in [0.2, 0.25) is 0 Å². The third-order valence-corrected chi connectivity index (χ3v) is 2.47. The molecule has 1 heterocycles. The Kier molecular flexibility index (Phi) is 2.82. The van der Waals surface area contributed by atoms with Gasteiger partial charge in [0, 0.05) is 5.56 Å². The molecule has 0 saturated carbocycles. The number of methoxy groups -OCH3 is 1. The number of hydrogen-bond donors (Lipinski definition) is 2. The van der Waals surface area contributed by atoms with Gasteiger partial charge in [-0.2, -0.15) is 4.98 Å². The molecular weight excluding hydrogens is 220 g/mol. The molecule has 0 amide bonds. The third-order valence-electron chi connectivity index (χ3n) is 2.47. The van der Waals surface area contributed by atoms with E-state index in [1.807, 2.05) is 0 Å². The predicted octanol–water partition coefficient (Wildman–Crippen LogP) is 1.46. The van der Waals surface area contributed by atoms with Crippen molar-refractivity contribution in [2.24, 2.45) is 0 Å². The van der Waals surface area contributed by atoms with Gasteiger partial charge in [0.25, 0.3) is 5.56 Å². The molecule has 0 aliphatic heterocycles. The van der Waals surface area contributed by atoms with Gasteiger partial charge in [0.05, 0.1) is 12.7 Å². The van der Waals surface area contributed by atoms with Crippen molar-refractivity contribution in [2.45, 2.75) is 6.92 Å². The van der Waals surface area contributed by atoms with Crippen LogP contribution < -0.4 is 10.3 Å². The molecule has 5 heteroatoms. The van der Waals surface area contributed by atoms with Gasteiger partial charge in [-0.1, -0.05) is 12.1 Å². The van der Waals surface area contributed by atoms with Crippen molar-refractivity contribution in [3.63, 3.8) is 0 Å². The first-order chi connectivity index (χ1) is 8.11. The van der Waals surface area contributed by atoms with Crippen molar-refractivity contribution in [1.82, 2.24) is 9.97 Å². The summed E-state index contributed by atoms with van der Waals surface area (Å²) in [5.41, 5.74) is 0.531. The molecule has 0 radical (unpaired) electrons. The van der Waals surface area contributed by atoms with E-state index in [1.165, 1.54) is 6.92 Å². The molecule has 88 valence electrons. The Morgan fingerprint density at radius 3 is 2.82 bits per heavy atom. The van der Waals surface area contributed by atoms with Crippen LogP contribution >= 0.6 is 0 Å². The molecule has 5 nitrogen and oxygen atoms in total. The summed E-state index contributed by atoms with van der Waals surface area (Å²) in [5.74, 6) is 0.716. The second kappa shape index (κ2) is 4.29. The predicted molar refractivity (Wildman–Crippen MR) is 63.2 cm³/mol. The van der Waals surface area contributed by atoms with E-state index < -0.39 is 0 Å². The van der Waals surface area contributed by atoms with Crippen molar-refractivity contribution in [3.05, 3.63) is 40.2 Å². The van der Waals surface area contributed by atoms with Crippen molar-refractivity contribution in [3.8, 4) is 23.0 Å². The molecule has 0 unspecified atom stereocenters. The summed E-state index contributed by atoms with van der Waals surface area (Å²) in [6.07, 6.45) is 0. The van der Waals surface area contributed by atoms with Crippen LogP contribution in [0.15, 0.2) is 29.1 Å². The number of rotatable bonds is 2. The Labute approximate surface area is 97.7 Å². The molecule has 2 N–H and O–H groups in total. The highest BCUT2D eigenvalue weighted by molar-refractivity contribution is 5.58. The lowest BCUT2D eigenvalue weighted by atomic mass is 10.2. The molecule has 0 fully saturated rings. The summed E-state index contributed by atoms with van der Waals surface area (Å²) in [5, 5.41) is 9.51. The topological polar surface area (TPSA) is 75.2 Å². The SMILES string of the molecule is COc1cccc(-c2nc(O)c(C)c(=O)[nH]2)c1. The first-order valence-corrected chi connectivity index (χ1v) is 5.06. The first-order valence-electron chi connectivity index (χ1n) is 5.06. The van der Waals surface area contributed by atoms with Gasteiger partial charge in [-0.15, -0.1) is 0 Å². The lowest BCUT2D eigenvalue weighted by Crippen LogP contribution is -2.12. The number of hydrogen-bond acceptors (Lipinski definition) is 4. The maximum absolute atomic E-state index is 11.5. The zero-order chi connectivity index (χ0) is 12.4. The largest absolute Gasteiger partial charge is 0.497 e. The molecule has 0 spiro atoms. The molecule has 0 bridgehead atoms. The van der Waals surface area contributed by atoms with Crippen LogP contribution in [0.3, 0.4) is 0 Å². The number of nitrogens with zero attached hydrogens (tertiary/aromatic N) is 1. The molecule has 0 saturated heterocycles. The second-order valence-corrected chi connectivity index (χ2v) is 3.60. The average Bonchev–Trinajstić information content (AvgIpc) is 2.35. The quantitative estimate of drug-likeness (QED) is 0.821. The minimum Gasteiger partial charge on any atom is -0.497 e. The van der Waals surface area contributed by atoms with E-state index >= 15 is 0 Å². The maximum atomic E-state index is 11.5. The zero-order valence-electron chi connectivity index (χ0n) is 9.52. The van der Waals surface area contributed by atoms with Crippen molar-refractivity contribution in [1.29, 1.82) is 0 Å².